The number of urea groups is 1. The number of amides is 2. The van der Waals surface area contributed by atoms with E-state index >= 15 is 0 Å². The summed E-state index contributed by atoms with van der Waals surface area (Å²) in [6, 6.07) is 12.9. The summed E-state index contributed by atoms with van der Waals surface area (Å²) in [5.41, 5.74) is 1.31. The lowest BCUT2D eigenvalue weighted by Crippen LogP contribution is -2.47. The van der Waals surface area contributed by atoms with Gasteiger partial charge in [-0.1, -0.05) is 12.1 Å². The van der Waals surface area contributed by atoms with Gasteiger partial charge in [0.25, 0.3) is 0 Å². The molecule has 1 heterocycles. The second kappa shape index (κ2) is 9.01. The van der Waals surface area contributed by atoms with E-state index in [0.717, 1.165) is 0 Å². The van der Waals surface area contributed by atoms with Crippen LogP contribution in [0.2, 0.25) is 0 Å². The number of carbonyl (C=O) groups excluding carboxylic acids is 2. The van der Waals surface area contributed by atoms with E-state index in [-0.39, 0.29) is 12.2 Å². The topological polar surface area (TPSA) is 95.1 Å². The molecular weight excluding hydrogens is 376 g/mol. The fourth-order valence-corrected chi connectivity index (χ4v) is 2.96. The van der Waals surface area contributed by atoms with Crippen LogP contribution >= 0.6 is 0 Å². The van der Waals surface area contributed by atoms with Crippen LogP contribution in [0.4, 0.5) is 4.79 Å². The average molecular weight is 398 g/mol. The molecule has 0 saturated carbocycles. The minimum atomic E-state index is -0.684. The van der Waals surface area contributed by atoms with Crippen molar-refractivity contribution in [2.24, 2.45) is 0 Å². The number of hydrogen-bond acceptors (Lipinski definition) is 6. The first kappa shape index (κ1) is 20.1. The normalized spacial score (nSPS) is 15.8. The maximum Gasteiger partial charge on any atom is 0.338 e. The standard InChI is InChI=1S/C21H22N2O6/c1-26-14-6-4-13(5-7-14)19-18(20(24)28-3)17(22-21(25)23-19)12-29-16-10-8-15(27-2)9-11-16/h4-11,19H,12H2,1-3H3,(H2,22,23,25)/t19-/m0/s1. The van der Waals surface area contributed by atoms with E-state index in [9.17, 15) is 9.59 Å². The maximum absolute atomic E-state index is 12.5. The van der Waals surface area contributed by atoms with Crippen LogP contribution in [0.3, 0.4) is 0 Å². The van der Waals surface area contributed by atoms with Gasteiger partial charge in [0.05, 0.1) is 38.6 Å². The number of esters is 1. The number of nitrogens with one attached hydrogen (secondary N) is 2. The SMILES string of the molecule is COC(=O)C1=C(COc2ccc(OC)cc2)NC(=O)N[C@H]1c1ccc(OC)cc1. The van der Waals surface area contributed by atoms with Crippen LogP contribution in [0.25, 0.3) is 0 Å². The smallest absolute Gasteiger partial charge is 0.338 e. The summed E-state index contributed by atoms with van der Waals surface area (Å²) >= 11 is 0. The van der Waals surface area contributed by atoms with Crippen molar-refractivity contribution in [2.75, 3.05) is 27.9 Å². The number of hydrogen-bond donors (Lipinski definition) is 2. The number of carbonyl (C=O) groups is 2. The van der Waals surface area contributed by atoms with Gasteiger partial charge in [-0.05, 0) is 42.0 Å². The summed E-state index contributed by atoms with van der Waals surface area (Å²) < 4.78 is 21.0. The Morgan fingerprint density at radius 3 is 2.00 bits per heavy atom. The monoisotopic (exact) mass is 398 g/mol. The molecule has 0 radical (unpaired) electrons. The quantitative estimate of drug-likeness (QED) is 0.696. The summed E-state index contributed by atoms with van der Waals surface area (Å²) in [6.07, 6.45) is 0. The summed E-state index contributed by atoms with van der Waals surface area (Å²) in [5.74, 6) is 1.37. The number of benzene rings is 2. The van der Waals surface area contributed by atoms with Crippen molar-refractivity contribution in [3.8, 4) is 17.2 Å². The third kappa shape index (κ3) is 4.60. The van der Waals surface area contributed by atoms with E-state index in [1.807, 2.05) is 0 Å². The van der Waals surface area contributed by atoms with Crippen molar-refractivity contribution >= 4 is 12.0 Å². The van der Waals surface area contributed by atoms with Crippen LogP contribution in [0, 0.1) is 0 Å². The molecule has 0 bridgehead atoms. The molecule has 0 aromatic heterocycles. The Kier molecular flexibility index (Phi) is 6.23. The molecule has 0 spiro atoms. The van der Waals surface area contributed by atoms with Gasteiger partial charge < -0.3 is 29.6 Å². The Hall–Kier alpha value is -3.68. The summed E-state index contributed by atoms with van der Waals surface area (Å²) in [5, 5.41) is 5.41. The lowest BCUT2D eigenvalue weighted by molar-refractivity contribution is -0.136. The molecule has 0 unspecified atom stereocenters. The minimum Gasteiger partial charge on any atom is -0.497 e. The molecule has 3 rings (SSSR count). The molecule has 1 aliphatic heterocycles. The average Bonchev–Trinajstić information content (AvgIpc) is 2.77. The highest BCUT2D eigenvalue weighted by Crippen LogP contribution is 2.29. The van der Waals surface area contributed by atoms with Gasteiger partial charge in [0.2, 0.25) is 0 Å². The van der Waals surface area contributed by atoms with Gasteiger partial charge in [0, 0.05) is 0 Å². The molecule has 2 aromatic rings. The molecule has 152 valence electrons. The maximum atomic E-state index is 12.5. The minimum absolute atomic E-state index is 0.0170. The van der Waals surface area contributed by atoms with E-state index in [1.165, 1.54) is 7.11 Å². The first-order chi connectivity index (χ1) is 14.0. The van der Waals surface area contributed by atoms with Gasteiger partial charge in [-0.2, -0.15) is 0 Å². The highest BCUT2D eigenvalue weighted by atomic mass is 16.5. The van der Waals surface area contributed by atoms with Crippen LogP contribution in [-0.4, -0.2) is 39.9 Å². The Morgan fingerprint density at radius 1 is 0.897 bits per heavy atom. The van der Waals surface area contributed by atoms with Gasteiger partial charge in [-0.15, -0.1) is 0 Å². The molecule has 2 N–H and O–H groups in total. The van der Waals surface area contributed by atoms with Crippen LogP contribution in [-0.2, 0) is 9.53 Å². The van der Waals surface area contributed by atoms with Gasteiger partial charge >= 0.3 is 12.0 Å². The summed E-state index contributed by atoms with van der Waals surface area (Å²) in [7, 11) is 4.43. The molecule has 8 heteroatoms. The fraction of sp³-hybridized carbons (Fsp3) is 0.238. The van der Waals surface area contributed by atoms with Crippen molar-refractivity contribution in [1.82, 2.24) is 10.6 Å². The molecule has 1 aliphatic rings. The molecule has 29 heavy (non-hydrogen) atoms. The van der Waals surface area contributed by atoms with E-state index in [2.05, 4.69) is 10.6 Å². The van der Waals surface area contributed by atoms with Gasteiger partial charge in [-0.25, -0.2) is 9.59 Å². The van der Waals surface area contributed by atoms with Crippen molar-refractivity contribution in [3.63, 3.8) is 0 Å². The van der Waals surface area contributed by atoms with Crippen molar-refractivity contribution in [1.29, 1.82) is 0 Å². The zero-order chi connectivity index (χ0) is 20.8. The van der Waals surface area contributed by atoms with Crippen LogP contribution in [0.15, 0.2) is 59.8 Å². The van der Waals surface area contributed by atoms with Crippen LogP contribution in [0.5, 0.6) is 17.2 Å². The molecule has 0 fully saturated rings. The van der Waals surface area contributed by atoms with Crippen molar-refractivity contribution in [3.05, 3.63) is 65.4 Å². The number of ether oxygens (including phenoxy) is 4. The largest absolute Gasteiger partial charge is 0.497 e. The van der Waals surface area contributed by atoms with Gasteiger partial charge in [0.15, 0.2) is 0 Å². The zero-order valence-electron chi connectivity index (χ0n) is 16.4. The van der Waals surface area contributed by atoms with Crippen LogP contribution in [0.1, 0.15) is 11.6 Å². The Bertz CT molecular complexity index is 906. The molecule has 1 atom stereocenters. The molecule has 2 amide bonds. The second-order valence-electron chi connectivity index (χ2n) is 6.15. The van der Waals surface area contributed by atoms with E-state index < -0.39 is 18.0 Å². The Labute approximate surface area is 168 Å². The van der Waals surface area contributed by atoms with E-state index in [0.29, 0.717) is 28.5 Å². The first-order valence-corrected chi connectivity index (χ1v) is 8.85. The third-order valence-corrected chi connectivity index (χ3v) is 4.45. The fourth-order valence-electron chi connectivity index (χ4n) is 2.96. The number of rotatable bonds is 7. The highest BCUT2D eigenvalue weighted by Gasteiger charge is 2.33. The molecule has 2 aromatic carbocycles. The number of methoxy groups -OCH3 is 3. The van der Waals surface area contributed by atoms with Crippen molar-refractivity contribution in [2.45, 2.75) is 6.04 Å². The molecule has 0 saturated heterocycles. The second-order valence-corrected chi connectivity index (χ2v) is 6.15. The Balaban J connectivity index is 1.90. The lowest BCUT2D eigenvalue weighted by atomic mass is 9.95. The zero-order valence-corrected chi connectivity index (χ0v) is 16.4. The summed E-state index contributed by atoms with van der Waals surface area (Å²) in [4.78, 5) is 24.7. The van der Waals surface area contributed by atoms with E-state index in [1.54, 1.807) is 62.8 Å². The van der Waals surface area contributed by atoms with Crippen LogP contribution < -0.4 is 24.8 Å². The van der Waals surface area contributed by atoms with Gasteiger partial charge in [-0.3, -0.25) is 0 Å². The van der Waals surface area contributed by atoms with Gasteiger partial charge in [0.1, 0.15) is 23.9 Å². The Morgan fingerprint density at radius 2 is 1.45 bits per heavy atom. The molecule has 0 aliphatic carbocycles. The lowest BCUT2D eigenvalue weighted by Gasteiger charge is -2.29. The predicted octanol–water partition coefficient (Wildman–Crippen LogP) is 2.56. The van der Waals surface area contributed by atoms with E-state index in [4.69, 9.17) is 18.9 Å². The summed E-state index contributed by atoms with van der Waals surface area (Å²) in [6.45, 7) is -0.0170. The third-order valence-electron chi connectivity index (χ3n) is 4.45. The molecular formula is C21H22N2O6. The first-order valence-electron chi connectivity index (χ1n) is 8.85. The molecule has 8 nitrogen and oxygen atoms in total. The van der Waals surface area contributed by atoms with Crippen molar-refractivity contribution < 1.29 is 28.5 Å². The predicted molar refractivity (Wildman–Crippen MR) is 105 cm³/mol. The highest BCUT2D eigenvalue weighted by molar-refractivity contribution is 5.95.